The molecule has 0 saturated carbocycles. The summed E-state index contributed by atoms with van der Waals surface area (Å²) in [5, 5.41) is 6.06. The number of benzene rings is 1. The molecule has 2 amide bonds. The van der Waals surface area contributed by atoms with Gasteiger partial charge in [0.1, 0.15) is 0 Å². The third-order valence-corrected chi connectivity index (χ3v) is 3.99. The van der Waals surface area contributed by atoms with Gasteiger partial charge in [-0.15, -0.1) is 11.8 Å². The number of hydrogen-bond acceptors (Lipinski definition) is 4. The molecular weight excluding hydrogens is 262 g/mol. The molecule has 0 aliphatic carbocycles. The smallest absolute Gasteiger partial charge is 0.241 e. The van der Waals surface area contributed by atoms with Crippen molar-refractivity contribution >= 4 is 29.3 Å². The lowest BCUT2D eigenvalue weighted by Gasteiger charge is -2.13. The van der Waals surface area contributed by atoms with Crippen molar-refractivity contribution in [3.05, 3.63) is 24.3 Å². The molecule has 5 nitrogen and oxygen atoms in total. The number of hydrogen-bond donors (Lipinski definition) is 3. The van der Waals surface area contributed by atoms with Gasteiger partial charge < -0.3 is 16.4 Å². The number of nitrogens with one attached hydrogen (secondary N) is 2. The molecule has 1 aliphatic heterocycles. The highest BCUT2D eigenvalue weighted by molar-refractivity contribution is 8.00. The summed E-state index contributed by atoms with van der Waals surface area (Å²) in [6.07, 6.45) is 1.89. The summed E-state index contributed by atoms with van der Waals surface area (Å²) < 4.78 is 0. The Balaban J connectivity index is 2.02. The zero-order valence-corrected chi connectivity index (χ0v) is 11.3. The number of nitrogens with two attached hydrogens (primary N) is 1. The summed E-state index contributed by atoms with van der Waals surface area (Å²) in [6.45, 7) is 0.885. The van der Waals surface area contributed by atoms with E-state index in [1.165, 1.54) is 11.8 Å². The molecule has 0 spiro atoms. The predicted octanol–water partition coefficient (Wildman–Crippen LogP) is 0.954. The van der Waals surface area contributed by atoms with Crippen LogP contribution in [0.3, 0.4) is 0 Å². The van der Waals surface area contributed by atoms with Gasteiger partial charge in [0, 0.05) is 4.90 Å². The Morgan fingerprint density at radius 1 is 1.42 bits per heavy atom. The van der Waals surface area contributed by atoms with Crippen molar-refractivity contribution in [2.24, 2.45) is 5.73 Å². The minimum atomic E-state index is -0.372. The minimum Gasteiger partial charge on any atom is -0.369 e. The first-order chi connectivity index (χ1) is 9.16. The zero-order chi connectivity index (χ0) is 13.7. The summed E-state index contributed by atoms with van der Waals surface area (Å²) in [5.41, 5.74) is 5.86. The van der Waals surface area contributed by atoms with Crippen LogP contribution >= 0.6 is 11.8 Å². The van der Waals surface area contributed by atoms with E-state index < -0.39 is 0 Å². The monoisotopic (exact) mass is 279 g/mol. The fourth-order valence-corrected chi connectivity index (χ4v) is 2.72. The van der Waals surface area contributed by atoms with Gasteiger partial charge in [-0.2, -0.15) is 0 Å². The van der Waals surface area contributed by atoms with E-state index in [2.05, 4.69) is 10.6 Å². The van der Waals surface area contributed by atoms with Gasteiger partial charge in [0.2, 0.25) is 11.8 Å². The second kappa shape index (κ2) is 6.58. The van der Waals surface area contributed by atoms with Crippen LogP contribution in [0.25, 0.3) is 0 Å². The largest absolute Gasteiger partial charge is 0.369 e. The second-order valence-electron chi connectivity index (χ2n) is 4.39. The summed E-state index contributed by atoms with van der Waals surface area (Å²) in [5.74, 6) is -0.192. The lowest BCUT2D eigenvalue weighted by Crippen LogP contribution is -2.35. The average molecular weight is 279 g/mol. The van der Waals surface area contributed by atoms with Gasteiger partial charge in [0.25, 0.3) is 0 Å². The van der Waals surface area contributed by atoms with Crippen LogP contribution in [0.2, 0.25) is 0 Å². The third kappa shape index (κ3) is 3.97. The molecule has 0 aromatic heterocycles. The van der Waals surface area contributed by atoms with Crippen molar-refractivity contribution in [1.29, 1.82) is 0 Å². The fourth-order valence-electron chi connectivity index (χ4n) is 1.97. The maximum atomic E-state index is 12.0. The number of primary amides is 1. The van der Waals surface area contributed by atoms with E-state index in [0.29, 0.717) is 0 Å². The van der Waals surface area contributed by atoms with E-state index in [4.69, 9.17) is 5.73 Å². The number of rotatable bonds is 5. The number of carbonyl (C=O) groups is 2. The van der Waals surface area contributed by atoms with Crippen molar-refractivity contribution < 1.29 is 9.59 Å². The number of anilines is 1. The summed E-state index contributed by atoms with van der Waals surface area (Å²) >= 11 is 1.33. The van der Waals surface area contributed by atoms with Crippen LogP contribution in [0.15, 0.2) is 29.2 Å². The number of carbonyl (C=O) groups excluding carboxylic acids is 2. The summed E-state index contributed by atoms with van der Waals surface area (Å²) in [7, 11) is 0. The van der Waals surface area contributed by atoms with Crippen molar-refractivity contribution in [1.82, 2.24) is 5.32 Å². The van der Waals surface area contributed by atoms with E-state index in [9.17, 15) is 9.59 Å². The van der Waals surface area contributed by atoms with Crippen LogP contribution in [0.5, 0.6) is 0 Å². The number of amides is 2. The van der Waals surface area contributed by atoms with Gasteiger partial charge in [0.15, 0.2) is 0 Å². The molecule has 1 heterocycles. The lowest BCUT2D eigenvalue weighted by atomic mass is 10.2. The molecule has 1 aromatic carbocycles. The van der Waals surface area contributed by atoms with E-state index in [-0.39, 0.29) is 23.6 Å². The molecule has 1 atom stereocenters. The Kier molecular flexibility index (Phi) is 4.81. The molecule has 1 fully saturated rings. The van der Waals surface area contributed by atoms with Crippen molar-refractivity contribution in [3.63, 3.8) is 0 Å². The van der Waals surface area contributed by atoms with Gasteiger partial charge in [-0.05, 0) is 31.5 Å². The Bertz CT molecular complexity index is 473. The topological polar surface area (TPSA) is 84.2 Å². The van der Waals surface area contributed by atoms with Gasteiger partial charge in [-0.3, -0.25) is 9.59 Å². The van der Waals surface area contributed by atoms with Crippen molar-refractivity contribution in [3.8, 4) is 0 Å². The normalized spacial score (nSPS) is 18.2. The molecular formula is C13H17N3O2S. The molecule has 0 bridgehead atoms. The van der Waals surface area contributed by atoms with Gasteiger partial charge in [0.05, 0.1) is 17.5 Å². The van der Waals surface area contributed by atoms with E-state index in [0.717, 1.165) is 30.0 Å². The van der Waals surface area contributed by atoms with Crippen LogP contribution in [0.1, 0.15) is 12.8 Å². The Morgan fingerprint density at radius 3 is 2.89 bits per heavy atom. The van der Waals surface area contributed by atoms with Gasteiger partial charge >= 0.3 is 0 Å². The zero-order valence-electron chi connectivity index (χ0n) is 10.5. The first kappa shape index (κ1) is 13.9. The Morgan fingerprint density at radius 2 is 2.21 bits per heavy atom. The molecule has 102 valence electrons. The molecule has 1 aliphatic rings. The minimum absolute atomic E-state index is 0.0235. The Hall–Kier alpha value is -1.53. The van der Waals surface area contributed by atoms with Crippen LogP contribution < -0.4 is 16.4 Å². The second-order valence-corrected chi connectivity index (χ2v) is 5.41. The van der Waals surface area contributed by atoms with E-state index in [1.54, 1.807) is 0 Å². The summed E-state index contributed by atoms with van der Waals surface area (Å²) in [6, 6.07) is 7.30. The first-order valence-electron chi connectivity index (χ1n) is 6.21. The quantitative estimate of drug-likeness (QED) is 0.701. The van der Waals surface area contributed by atoms with Crippen LogP contribution in [0.4, 0.5) is 5.69 Å². The first-order valence-corrected chi connectivity index (χ1v) is 7.20. The average Bonchev–Trinajstić information content (AvgIpc) is 2.91. The number of thioether (sulfide) groups is 1. The molecule has 6 heteroatoms. The van der Waals surface area contributed by atoms with E-state index >= 15 is 0 Å². The summed E-state index contributed by atoms with van der Waals surface area (Å²) in [4.78, 5) is 23.7. The predicted molar refractivity (Wildman–Crippen MR) is 76.0 cm³/mol. The molecule has 4 N–H and O–H groups in total. The van der Waals surface area contributed by atoms with Crippen molar-refractivity contribution in [2.75, 3.05) is 17.6 Å². The maximum Gasteiger partial charge on any atom is 0.241 e. The Labute approximate surface area is 116 Å². The van der Waals surface area contributed by atoms with Gasteiger partial charge in [-0.25, -0.2) is 0 Å². The van der Waals surface area contributed by atoms with Gasteiger partial charge in [-0.1, -0.05) is 12.1 Å². The highest BCUT2D eigenvalue weighted by atomic mass is 32.2. The van der Waals surface area contributed by atoms with E-state index in [1.807, 2.05) is 24.3 Å². The number of para-hydroxylation sites is 1. The molecule has 1 aromatic rings. The maximum absolute atomic E-state index is 12.0. The lowest BCUT2D eigenvalue weighted by molar-refractivity contribution is -0.118. The molecule has 19 heavy (non-hydrogen) atoms. The standard InChI is InChI=1S/C13H17N3O2S/c14-12(17)8-19-11-6-2-1-4-9(11)16-13(18)10-5-3-7-15-10/h1-2,4,6,10,15H,3,5,7-8H2,(H2,14,17)(H,16,18)/t10-/m1/s1. The molecule has 2 rings (SSSR count). The SMILES string of the molecule is NC(=O)CSc1ccccc1NC(=O)[C@H]1CCCN1. The fraction of sp³-hybridized carbons (Fsp3) is 0.385. The van der Waals surface area contributed by atoms with Crippen LogP contribution in [0, 0.1) is 0 Å². The third-order valence-electron chi connectivity index (χ3n) is 2.89. The van der Waals surface area contributed by atoms with Crippen LogP contribution in [-0.2, 0) is 9.59 Å². The highest BCUT2D eigenvalue weighted by Crippen LogP contribution is 2.27. The molecule has 1 saturated heterocycles. The highest BCUT2D eigenvalue weighted by Gasteiger charge is 2.22. The molecule has 0 radical (unpaired) electrons. The van der Waals surface area contributed by atoms with Crippen LogP contribution in [-0.4, -0.2) is 30.2 Å². The molecule has 0 unspecified atom stereocenters. The van der Waals surface area contributed by atoms with Crippen molar-refractivity contribution in [2.45, 2.75) is 23.8 Å².